The van der Waals surface area contributed by atoms with Crippen LogP contribution in [0.5, 0.6) is 11.5 Å². The number of hydrogen-bond acceptors (Lipinski definition) is 8. The van der Waals surface area contributed by atoms with E-state index in [9.17, 15) is 4.79 Å². The lowest BCUT2D eigenvalue weighted by molar-refractivity contribution is -0.139. The zero-order valence-corrected chi connectivity index (χ0v) is 23.3. The van der Waals surface area contributed by atoms with Crippen LogP contribution in [0, 0.1) is 0 Å². The minimum Gasteiger partial charge on any atom is -0.490 e. The van der Waals surface area contributed by atoms with Crippen LogP contribution in [0.2, 0.25) is 10.0 Å². The van der Waals surface area contributed by atoms with Crippen LogP contribution in [0.25, 0.3) is 0 Å². The van der Waals surface area contributed by atoms with E-state index in [1.54, 1.807) is 23.7 Å². The van der Waals surface area contributed by atoms with E-state index in [0.29, 0.717) is 50.5 Å². The lowest BCUT2D eigenvalue weighted by Gasteiger charge is -2.28. The molecule has 0 saturated carbocycles. The molecule has 1 aromatic heterocycles. The van der Waals surface area contributed by atoms with Crippen LogP contribution in [0.15, 0.2) is 52.8 Å². The summed E-state index contributed by atoms with van der Waals surface area (Å²) in [6, 6.07) is 10.3. The van der Waals surface area contributed by atoms with Gasteiger partial charge in [-0.05, 0) is 56.4 Å². The van der Waals surface area contributed by atoms with E-state index in [2.05, 4.69) is 15.4 Å². The standard InChI is InChI=1S/C26H28Cl2N4O4S/c1-5-34-21-12-16(9-11-20(21)36-14-17-8-10-18(27)13-19(17)28)23-22(24(33)35-6-2)15(4)29-25-30-26(37-7-3)31-32(23)25/h8-13,23H,5-7,14H2,1-4H3,(H,29,30,31). The molecule has 1 atom stereocenters. The number of rotatable bonds is 10. The summed E-state index contributed by atoms with van der Waals surface area (Å²) in [6.07, 6.45) is 0. The molecule has 0 saturated heterocycles. The molecule has 0 amide bonds. The largest absolute Gasteiger partial charge is 0.490 e. The molecule has 1 unspecified atom stereocenters. The van der Waals surface area contributed by atoms with Gasteiger partial charge < -0.3 is 19.5 Å². The number of hydrogen-bond donors (Lipinski definition) is 1. The fraction of sp³-hybridized carbons (Fsp3) is 0.346. The molecular weight excluding hydrogens is 535 g/mol. The Labute approximate surface area is 230 Å². The number of carbonyl (C=O) groups is 1. The molecule has 8 nitrogen and oxygen atoms in total. The number of anilines is 1. The van der Waals surface area contributed by atoms with Gasteiger partial charge >= 0.3 is 5.97 Å². The Hall–Kier alpha value is -2.88. The molecule has 0 radical (unpaired) electrons. The fourth-order valence-electron chi connectivity index (χ4n) is 3.98. The summed E-state index contributed by atoms with van der Waals surface area (Å²) in [5, 5.41) is 9.59. The second-order valence-corrected chi connectivity index (χ2v) is 10.1. The normalized spacial score (nSPS) is 14.7. The van der Waals surface area contributed by atoms with E-state index in [4.69, 9.17) is 37.4 Å². The number of allylic oxidation sites excluding steroid dienone is 1. The molecule has 11 heteroatoms. The van der Waals surface area contributed by atoms with Crippen molar-refractivity contribution in [1.82, 2.24) is 14.8 Å². The highest BCUT2D eigenvalue weighted by molar-refractivity contribution is 7.99. The Morgan fingerprint density at radius 3 is 2.59 bits per heavy atom. The predicted molar refractivity (Wildman–Crippen MR) is 146 cm³/mol. The Morgan fingerprint density at radius 1 is 1.08 bits per heavy atom. The molecular formula is C26H28Cl2N4O4S. The fourth-order valence-corrected chi connectivity index (χ4v) is 5.00. The summed E-state index contributed by atoms with van der Waals surface area (Å²) >= 11 is 13.9. The first kappa shape index (κ1) is 27.2. The second kappa shape index (κ2) is 12.1. The molecule has 3 aromatic rings. The van der Waals surface area contributed by atoms with E-state index in [-0.39, 0.29) is 13.2 Å². The van der Waals surface area contributed by atoms with Crippen molar-refractivity contribution in [1.29, 1.82) is 0 Å². The van der Waals surface area contributed by atoms with Gasteiger partial charge in [-0.1, -0.05) is 54.0 Å². The van der Waals surface area contributed by atoms with Gasteiger partial charge in [0.15, 0.2) is 11.5 Å². The SMILES string of the molecule is CCOC(=O)C1=C(C)Nc2nc(SCC)nn2C1c1ccc(OCc2ccc(Cl)cc2Cl)c(OCC)c1. The second-order valence-electron chi connectivity index (χ2n) is 8.05. The molecule has 196 valence electrons. The Morgan fingerprint density at radius 2 is 1.89 bits per heavy atom. The zero-order chi connectivity index (χ0) is 26.5. The van der Waals surface area contributed by atoms with Gasteiger partial charge in [-0.15, -0.1) is 5.10 Å². The van der Waals surface area contributed by atoms with Gasteiger partial charge in [-0.3, -0.25) is 0 Å². The Bertz CT molecular complexity index is 1330. The van der Waals surface area contributed by atoms with Gasteiger partial charge in [0.1, 0.15) is 12.6 Å². The molecule has 0 bridgehead atoms. The third-order valence-electron chi connectivity index (χ3n) is 5.58. The lowest BCUT2D eigenvalue weighted by atomic mass is 9.95. The average Bonchev–Trinajstić information content (AvgIpc) is 3.25. The molecule has 1 aliphatic heterocycles. The molecule has 1 N–H and O–H groups in total. The van der Waals surface area contributed by atoms with Crippen LogP contribution in [0.3, 0.4) is 0 Å². The summed E-state index contributed by atoms with van der Waals surface area (Å²) in [7, 11) is 0. The predicted octanol–water partition coefficient (Wildman–Crippen LogP) is 6.53. The van der Waals surface area contributed by atoms with Crippen LogP contribution in [-0.4, -0.2) is 39.7 Å². The van der Waals surface area contributed by atoms with Crippen molar-refractivity contribution < 1.29 is 19.0 Å². The van der Waals surface area contributed by atoms with E-state index in [0.717, 1.165) is 16.9 Å². The number of carbonyl (C=O) groups excluding carboxylic acids is 1. The van der Waals surface area contributed by atoms with Crippen molar-refractivity contribution in [3.63, 3.8) is 0 Å². The minimum atomic E-state index is -0.562. The summed E-state index contributed by atoms with van der Waals surface area (Å²) in [4.78, 5) is 17.7. The molecule has 1 aliphatic rings. The van der Waals surface area contributed by atoms with E-state index in [1.807, 2.05) is 45.0 Å². The van der Waals surface area contributed by atoms with Crippen molar-refractivity contribution in [3.8, 4) is 11.5 Å². The highest BCUT2D eigenvalue weighted by Crippen LogP contribution is 2.40. The highest BCUT2D eigenvalue weighted by Gasteiger charge is 2.35. The van der Waals surface area contributed by atoms with Crippen molar-refractivity contribution in [3.05, 3.63) is 68.8 Å². The van der Waals surface area contributed by atoms with Gasteiger partial charge in [0.25, 0.3) is 0 Å². The monoisotopic (exact) mass is 562 g/mol. The number of benzene rings is 2. The van der Waals surface area contributed by atoms with Crippen LogP contribution in [0.4, 0.5) is 5.95 Å². The first-order valence-electron chi connectivity index (χ1n) is 11.9. The molecule has 2 heterocycles. The zero-order valence-electron chi connectivity index (χ0n) is 21.0. The molecule has 0 fully saturated rings. The summed E-state index contributed by atoms with van der Waals surface area (Å²) < 4.78 is 19.1. The van der Waals surface area contributed by atoms with Crippen LogP contribution >= 0.6 is 35.0 Å². The van der Waals surface area contributed by atoms with Crippen LogP contribution < -0.4 is 14.8 Å². The van der Waals surface area contributed by atoms with Crippen molar-refractivity contribution in [2.75, 3.05) is 24.3 Å². The average molecular weight is 564 g/mol. The first-order chi connectivity index (χ1) is 17.9. The first-order valence-corrected chi connectivity index (χ1v) is 13.7. The molecule has 4 rings (SSSR count). The maximum Gasteiger partial charge on any atom is 0.338 e. The van der Waals surface area contributed by atoms with Crippen molar-refractivity contribution in [2.24, 2.45) is 0 Å². The molecule has 2 aromatic carbocycles. The number of fused-ring (bicyclic) bond motifs is 1. The Kier molecular flexibility index (Phi) is 8.89. The summed E-state index contributed by atoms with van der Waals surface area (Å²) in [5.74, 6) is 2.05. The van der Waals surface area contributed by atoms with Crippen LogP contribution in [-0.2, 0) is 16.1 Å². The summed E-state index contributed by atoms with van der Waals surface area (Å²) in [6.45, 7) is 8.47. The van der Waals surface area contributed by atoms with E-state index < -0.39 is 12.0 Å². The minimum absolute atomic E-state index is 0.237. The highest BCUT2D eigenvalue weighted by atomic mass is 35.5. The smallest absolute Gasteiger partial charge is 0.338 e. The van der Waals surface area contributed by atoms with Gasteiger partial charge in [0.05, 0.1) is 18.8 Å². The number of nitrogens with zero attached hydrogens (tertiary/aromatic N) is 3. The van der Waals surface area contributed by atoms with Crippen LogP contribution in [0.1, 0.15) is 44.9 Å². The summed E-state index contributed by atoms with van der Waals surface area (Å²) in [5.41, 5.74) is 2.69. The topological polar surface area (TPSA) is 87.5 Å². The van der Waals surface area contributed by atoms with Gasteiger partial charge in [-0.25, -0.2) is 9.48 Å². The molecule has 0 spiro atoms. The van der Waals surface area contributed by atoms with E-state index in [1.165, 1.54) is 11.8 Å². The maximum atomic E-state index is 13.1. The third kappa shape index (κ3) is 6.00. The van der Waals surface area contributed by atoms with Gasteiger partial charge in [0, 0.05) is 21.3 Å². The quantitative estimate of drug-likeness (QED) is 0.220. The molecule has 37 heavy (non-hydrogen) atoms. The number of nitrogens with one attached hydrogen (secondary N) is 1. The van der Waals surface area contributed by atoms with Gasteiger partial charge in [-0.2, -0.15) is 4.98 Å². The number of halogens is 2. The third-order valence-corrected chi connectivity index (χ3v) is 6.89. The maximum absolute atomic E-state index is 13.1. The van der Waals surface area contributed by atoms with E-state index >= 15 is 0 Å². The number of ether oxygens (including phenoxy) is 3. The van der Waals surface area contributed by atoms with Crippen molar-refractivity contribution in [2.45, 2.75) is 45.5 Å². The number of thioether (sulfide) groups is 1. The van der Waals surface area contributed by atoms with Crippen molar-refractivity contribution >= 4 is 46.9 Å². The van der Waals surface area contributed by atoms with Gasteiger partial charge in [0.2, 0.25) is 11.1 Å². The molecule has 0 aliphatic carbocycles. The lowest BCUT2D eigenvalue weighted by Crippen LogP contribution is -2.29. The number of aromatic nitrogens is 3. The number of esters is 1. The Balaban J connectivity index is 1.73.